The lowest BCUT2D eigenvalue weighted by atomic mass is 9.80. The molecule has 4 aromatic rings. The first-order valence-electron chi connectivity index (χ1n) is 13.9. The quantitative estimate of drug-likeness (QED) is 0.190. The summed E-state index contributed by atoms with van der Waals surface area (Å²) < 4.78 is 0. The first-order chi connectivity index (χ1) is 19.5. The standard InChI is InChI=1S/C32H42N8O/c1-21(2)32(3,4)30(41)35-19-28-33-17-26(37-28)24-13-9-22(10-14-24)23-11-15-25(16-12-23)27-18-34-29(38-27)20-36-31(39(5)6)40(7)8/h9-18,21H,19-20H2,1-8H3,(H,33,37)(H,34,38)(H,35,41). The predicted molar refractivity (Wildman–Crippen MR) is 166 cm³/mol. The molecule has 0 aliphatic carbocycles. The molecule has 0 aliphatic heterocycles. The molecule has 0 radical (unpaired) electrons. The summed E-state index contributed by atoms with van der Waals surface area (Å²) >= 11 is 0. The number of benzene rings is 2. The average Bonchev–Trinajstić information content (AvgIpc) is 3.62. The van der Waals surface area contributed by atoms with E-state index in [-0.39, 0.29) is 11.8 Å². The van der Waals surface area contributed by atoms with Crippen LogP contribution in [0.2, 0.25) is 0 Å². The molecule has 2 aromatic heterocycles. The Labute approximate surface area is 243 Å². The second-order valence-electron chi connectivity index (χ2n) is 11.6. The molecular weight excluding hydrogens is 512 g/mol. The highest BCUT2D eigenvalue weighted by Crippen LogP contribution is 2.28. The van der Waals surface area contributed by atoms with E-state index in [4.69, 9.17) is 0 Å². The van der Waals surface area contributed by atoms with Crippen molar-refractivity contribution < 1.29 is 4.79 Å². The van der Waals surface area contributed by atoms with E-state index in [1.807, 2.05) is 64.2 Å². The van der Waals surface area contributed by atoms with Gasteiger partial charge >= 0.3 is 0 Å². The monoisotopic (exact) mass is 554 g/mol. The average molecular weight is 555 g/mol. The lowest BCUT2D eigenvalue weighted by Gasteiger charge is -2.27. The van der Waals surface area contributed by atoms with Crippen LogP contribution in [0.3, 0.4) is 0 Å². The van der Waals surface area contributed by atoms with Crippen LogP contribution in [0.15, 0.2) is 65.9 Å². The molecule has 0 atom stereocenters. The summed E-state index contributed by atoms with van der Waals surface area (Å²) in [6.45, 7) is 8.91. The SMILES string of the molecule is CC(C)C(C)(C)C(=O)NCc1ncc(-c2ccc(-c3ccc(-c4cnc(CN=C(N(C)C)N(C)C)[nH]4)cc3)cc2)[nH]1. The van der Waals surface area contributed by atoms with Gasteiger partial charge in [0.2, 0.25) is 5.91 Å². The van der Waals surface area contributed by atoms with Crippen molar-refractivity contribution in [1.29, 1.82) is 0 Å². The molecule has 216 valence electrons. The zero-order valence-electron chi connectivity index (χ0n) is 25.4. The van der Waals surface area contributed by atoms with Crippen molar-refractivity contribution >= 4 is 11.9 Å². The first-order valence-corrected chi connectivity index (χ1v) is 13.9. The Hall–Kier alpha value is -4.40. The van der Waals surface area contributed by atoms with E-state index >= 15 is 0 Å². The van der Waals surface area contributed by atoms with Crippen LogP contribution < -0.4 is 5.32 Å². The van der Waals surface area contributed by atoms with Gasteiger partial charge in [-0.15, -0.1) is 0 Å². The van der Waals surface area contributed by atoms with Gasteiger partial charge in [0.25, 0.3) is 0 Å². The van der Waals surface area contributed by atoms with Crippen molar-refractivity contribution in [3.63, 3.8) is 0 Å². The maximum Gasteiger partial charge on any atom is 0.226 e. The maximum absolute atomic E-state index is 12.6. The number of amides is 1. The highest BCUT2D eigenvalue weighted by Gasteiger charge is 2.30. The largest absolute Gasteiger partial charge is 0.349 e. The minimum absolute atomic E-state index is 0.0292. The molecule has 0 bridgehead atoms. The highest BCUT2D eigenvalue weighted by molar-refractivity contribution is 5.82. The number of imidazole rings is 2. The molecule has 0 fully saturated rings. The molecule has 2 heterocycles. The predicted octanol–water partition coefficient (Wildman–Crippen LogP) is 5.41. The minimum atomic E-state index is -0.429. The number of nitrogens with zero attached hydrogens (tertiary/aromatic N) is 5. The van der Waals surface area contributed by atoms with Crippen molar-refractivity contribution in [2.45, 2.75) is 40.8 Å². The summed E-state index contributed by atoms with van der Waals surface area (Å²) in [5.41, 5.74) is 5.82. The summed E-state index contributed by atoms with van der Waals surface area (Å²) in [4.78, 5) is 36.9. The lowest BCUT2D eigenvalue weighted by molar-refractivity contribution is -0.131. The fourth-order valence-electron chi connectivity index (χ4n) is 4.36. The third-order valence-electron chi connectivity index (χ3n) is 7.60. The van der Waals surface area contributed by atoms with E-state index < -0.39 is 5.41 Å². The molecule has 0 aliphatic rings. The molecule has 0 unspecified atom stereocenters. The van der Waals surface area contributed by atoms with E-state index in [1.165, 1.54) is 0 Å². The first kappa shape index (κ1) is 29.6. The number of nitrogens with one attached hydrogen (secondary N) is 3. The summed E-state index contributed by atoms with van der Waals surface area (Å²) in [6.07, 6.45) is 3.67. The van der Waals surface area contributed by atoms with Crippen LogP contribution in [0.1, 0.15) is 39.3 Å². The number of hydrogen-bond acceptors (Lipinski definition) is 4. The Kier molecular flexibility index (Phi) is 8.95. The van der Waals surface area contributed by atoms with Gasteiger partial charge in [0.05, 0.1) is 30.3 Å². The molecule has 41 heavy (non-hydrogen) atoms. The zero-order valence-corrected chi connectivity index (χ0v) is 25.4. The van der Waals surface area contributed by atoms with Gasteiger partial charge in [-0.3, -0.25) is 4.79 Å². The summed E-state index contributed by atoms with van der Waals surface area (Å²) in [5.74, 6) is 2.72. The molecule has 4 rings (SSSR count). The number of H-pyrrole nitrogens is 2. The van der Waals surface area contributed by atoms with Gasteiger partial charge in [0.15, 0.2) is 5.96 Å². The van der Waals surface area contributed by atoms with Crippen LogP contribution in [-0.2, 0) is 17.9 Å². The van der Waals surface area contributed by atoms with Gasteiger partial charge < -0.3 is 25.1 Å². The number of rotatable bonds is 9. The van der Waals surface area contributed by atoms with Crippen LogP contribution in [0, 0.1) is 11.3 Å². The van der Waals surface area contributed by atoms with Crippen LogP contribution in [-0.4, -0.2) is 69.8 Å². The van der Waals surface area contributed by atoms with E-state index in [2.05, 4.69) is 92.6 Å². The Bertz CT molecular complexity index is 1460. The molecule has 9 nitrogen and oxygen atoms in total. The minimum Gasteiger partial charge on any atom is -0.349 e. The second kappa shape index (κ2) is 12.4. The number of aliphatic imine (C=N–C) groups is 1. The van der Waals surface area contributed by atoms with Gasteiger partial charge in [0, 0.05) is 33.6 Å². The fraction of sp³-hybridized carbons (Fsp3) is 0.375. The number of hydrogen-bond donors (Lipinski definition) is 3. The van der Waals surface area contributed by atoms with Gasteiger partial charge in [0.1, 0.15) is 18.2 Å². The van der Waals surface area contributed by atoms with E-state index in [0.717, 1.165) is 51.3 Å². The smallest absolute Gasteiger partial charge is 0.226 e. The Morgan fingerprint density at radius 3 is 1.71 bits per heavy atom. The third kappa shape index (κ3) is 7.03. The lowest BCUT2D eigenvalue weighted by Crippen LogP contribution is -2.40. The number of aromatic nitrogens is 4. The van der Waals surface area contributed by atoms with Gasteiger partial charge in [-0.2, -0.15) is 0 Å². The molecule has 0 saturated heterocycles. The van der Waals surface area contributed by atoms with Crippen LogP contribution in [0.25, 0.3) is 33.6 Å². The van der Waals surface area contributed by atoms with Crippen molar-refractivity contribution in [3.8, 4) is 33.6 Å². The number of carbonyl (C=O) groups is 1. The van der Waals surface area contributed by atoms with Crippen molar-refractivity contribution in [2.24, 2.45) is 16.3 Å². The van der Waals surface area contributed by atoms with E-state index in [9.17, 15) is 4.79 Å². The number of carbonyl (C=O) groups excluding carboxylic acids is 1. The summed E-state index contributed by atoms with van der Waals surface area (Å²) in [5, 5.41) is 3.00. The topological polar surface area (TPSA) is 105 Å². The van der Waals surface area contributed by atoms with Crippen LogP contribution in [0.5, 0.6) is 0 Å². The van der Waals surface area contributed by atoms with E-state index in [0.29, 0.717) is 13.1 Å². The Morgan fingerprint density at radius 1 is 0.805 bits per heavy atom. The molecule has 0 spiro atoms. The maximum atomic E-state index is 12.6. The number of guanidine groups is 1. The normalized spacial score (nSPS) is 11.4. The van der Waals surface area contributed by atoms with Crippen molar-refractivity contribution in [2.75, 3.05) is 28.2 Å². The van der Waals surface area contributed by atoms with E-state index in [1.54, 1.807) is 0 Å². The fourth-order valence-corrected chi connectivity index (χ4v) is 4.36. The molecule has 1 amide bonds. The molecule has 0 saturated carbocycles. The molecule has 2 aromatic carbocycles. The summed E-state index contributed by atoms with van der Waals surface area (Å²) in [7, 11) is 7.92. The Balaban J connectivity index is 1.38. The zero-order chi connectivity index (χ0) is 29.7. The second-order valence-corrected chi connectivity index (χ2v) is 11.6. The summed E-state index contributed by atoms with van der Waals surface area (Å²) in [6, 6.07) is 16.8. The molecular formula is C32H42N8O. The van der Waals surface area contributed by atoms with Gasteiger partial charge in [-0.05, 0) is 28.2 Å². The van der Waals surface area contributed by atoms with Crippen LogP contribution in [0.4, 0.5) is 0 Å². The van der Waals surface area contributed by atoms with Gasteiger partial charge in [-0.1, -0.05) is 76.2 Å². The molecule has 9 heteroatoms. The number of aromatic amines is 2. The van der Waals surface area contributed by atoms with Crippen LogP contribution >= 0.6 is 0 Å². The van der Waals surface area contributed by atoms with Gasteiger partial charge in [-0.25, -0.2) is 15.0 Å². The highest BCUT2D eigenvalue weighted by atomic mass is 16.2. The van der Waals surface area contributed by atoms with Crippen molar-refractivity contribution in [1.82, 2.24) is 35.1 Å². The third-order valence-corrected chi connectivity index (χ3v) is 7.60. The molecule has 3 N–H and O–H groups in total. The van der Waals surface area contributed by atoms with Crippen molar-refractivity contribution in [3.05, 3.63) is 72.6 Å². The Morgan fingerprint density at radius 2 is 1.24 bits per heavy atom.